The van der Waals surface area contributed by atoms with E-state index in [0.29, 0.717) is 7.14 Å². The number of ether oxygens (including phenoxy) is 1. The number of esters is 1. The quantitative estimate of drug-likeness (QED) is 0.251. The largest absolute Gasteiger partial charge is 0.871 e. The summed E-state index contributed by atoms with van der Waals surface area (Å²) in [5.74, 6) is -1.50. The summed E-state index contributed by atoms with van der Waals surface area (Å²) in [6.07, 6.45) is 0. The van der Waals surface area contributed by atoms with Gasteiger partial charge in [-0.1, -0.05) is 30.0 Å². The van der Waals surface area contributed by atoms with E-state index in [4.69, 9.17) is 4.74 Å². The summed E-state index contributed by atoms with van der Waals surface area (Å²) in [6.45, 7) is 0. The molecule has 0 radical (unpaired) electrons. The van der Waals surface area contributed by atoms with Crippen LogP contribution in [0.15, 0.2) is 48.5 Å². The molecule has 0 spiro atoms. The van der Waals surface area contributed by atoms with Crippen molar-refractivity contribution in [2.45, 2.75) is 5.51 Å². The lowest BCUT2D eigenvalue weighted by Crippen LogP contribution is -2.29. The standard InChI is InChI=1S/C18H10F3I2NO5S/c19-18(20,21)30(27,28)24-14-5-1-4-11-10(14)3-2-6-15(11)29-17(26)12-7-9(22)8-13(23)16(12)25/h1-8,24-25H/p-1. The van der Waals surface area contributed by atoms with Crippen molar-refractivity contribution in [3.05, 3.63) is 61.2 Å². The van der Waals surface area contributed by atoms with Crippen LogP contribution in [0, 0.1) is 7.14 Å². The lowest BCUT2D eigenvalue weighted by atomic mass is 10.1. The summed E-state index contributed by atoms with van der Waals surface area (Å²) in [6, 6.07) is 11.0. The zero-order valence-electron chi connectivity index (χ0n) is 14.5. The average Bonchev–Trinajstić information content (AvgIpc) is 2.64. The van der Waals surface area contributed by atoms with E-state index in [1.54, 1.807) is 28.7 Å². The fourth-order valence-corrected chi connectivity index (χ4v) is 4.96. The van der Waals surface area contributed by atoms with Crippen LogP contribution in [-0.4, -0.2) is 19.9 Å². The van der Waals surface area contributed by atoms with E-state index in [2.05, 4.69) is 0 Å². The van der Waals surface area contributed by atoms with Gasteiger partial charge in [0.25, 0.3) is 0 Å². The number of carbonyl (C=O) groups excluding carboxylic acids is 1. The molecule has 3 aromatic carbocycles. The van der Waals surface area contributed by atoms with Crippen LogP contribution in [0.1, 0.15) is 10.4 Å². The van der Waals surface area contributed by atoms with Crippen molar-refractivity contribution >= 4 is 77.6 Å². The molecule has 0 saturated heterocycles. The molecule has 0 aliphatic rings. The molecule has 0 saturated carbocycles. The van der Waals surface area contributed by atoms with E-state index in [1.807, 2.05) is 22.6 Å². The number of benzene rings is 3. The zero-order valence-corrected chi connectivity index (χ0v) is 19.6. The maximum absolute atomic E-state index is 12.7. The third kappa shape index (κ3) is 4.59. The van der Waals surface area contributed by atoms with E-state index < -0.39 is 27.3 Å². The van der Waals surface area contributed by atoms with Gasteiger partial charge in [-0.25, -0.2) is 4.79 Å². The van der Waals surface area contributed by atoms with Crippen molar-refractivity contribution < 1.29 is 36.2 Å². The number of anilines is 1. The number of hydrogen-bond donors (Lipinski definition) is 1. The van der Waals surface area contributed by atoms with E-state index in [0.717, 1.165) is 6.07 Å². The summed E-state index contributed by atoms with van der Waals surface area (Å²) < 4.78 is 68.8. The molecule has 12 heteroatoms. The summed E-state index contributed by atoms with van der Waals surface area (Å²) in [4.78, 5) is 12.5. The van der Waals surface area contributed by atoms with Crippen molar-refractivity contribution in [2.75, 3.05) is 4.72 Å². The van der Waals surface area contributed by atoms with Gasteiger partial charge in [-0.3, -0.25) is 4.72 Å². The normalized spacial score (nSPS) is 12.0. The minimum atomic E-state index is -5.64. The van der Waals surface area contributed by atoms with Crippen LogP contribution in [0.4, 0.5) is 18.9 Å². The Morgan fingerprint density at radius 2 is 1.67 bits per heavy atom. The van der Waals surface area contributed by atoms with Gasteiger partial charge in [0.05, 0.1) is 11.3 Å². The topological polar surface area (TPSA) is 95.5 Å². The van der Waals surface area contributed by atoms with Gasteiger partial charge in [0.1, 0.15) is 5.75 Å². The highest BCUT2D eigenvalue weighted by Gasteiger charge is 2.46. The van der Waals surface area contributed by atoms with E-state index in [-0.39, 0.29) is 27.8 Å². The number of nitrogens with one attached hydrogen (secondary N) is 1. The van der Waals surface area contributed by atoms with Crippen molar-refractivity contribution in [1.29, 1.82) is 0 Å². The SMILES string of the molecule is O=C(Oc1cccc2c(NS(=O)(=O)C(F)(F)F)cccc12)c1cc(I)cc(I)c1[O-]. The second-order valence-corrected chi connectivity index (χ2v) is 9.94. The molecule has 1 N–H and O–H groups in total. The molecule has 0 heterocycles. The summed E-state index contributed by atoms with van der Waals surface area (Å²) in [7, 11) is -5.64. The average molecular weight is 662 g/mol. The predicted octanol–water partition coefficient (Wildman–Crippen LogP) is 4.60. The van der Waals surface area contributed by atoms with Crippen molar-refractivity contribution in [2.24, 2.45) is 0 Å². The molecule has 0 aliphatic carbocycles. The van der Waals surface area contributed by atoms with E-state index in [1.165, 1.54) is 41.1 Å². The van der Waals surface area contributed by atoms with Crippen molar-refractivity contribution in [3.63, 3.8) is 0 Å². The number of carbonyl (C=O) groups is 1. The minimum Gasteiger partial charge on any atom is -0.871 e. The van der Waals surface area contributed by atoms with Crippen molar-refractivity contribution in [3.8, 4) is 11.5 Å². The maximum Gasteiger partial charge on any atom is 0.516 e. The van der Waals surface area contributed by atoms with Crippen molar-refractivity contribution in [1.82, 2.24) is 0 Å². The van der Waals surface area contributed by atoms with Crippen LogP contribution in [0.3, 0.4) is 0 Å². The lowest BCUT2D eigenvalue weighted by Gasteiger charge is -2.17. The Kier molecular flexibility index (Phi) is 6.38. The van der Waals surface area contributed by atoms with Gasteiger partial charge in [-0.05, 0) is 69.4 Å². The Balaban J connectivity index is 2.02. The molecular formula is C18H9F3I2NO5S-. The van der Waals surface area contributed by atoms with Crippen LogP contribution in [-0.2, 0) is 10.0 Å². The predicted molar refractivity (Wildman–Crippen MR) is 119 cm³/mol. The molecule has 0 aliphatic heterocycles. The summed E-state index contributed by atoms with van der Waals surface area (Å²) >= 11 is 3.74. The molecule has 0 aromatic heterocycles. The molecule has 3 rings (SSSR count). The zero-order chi connectivity index (χ0) is 22.3. The fourth-order valence-electron chi connectivity index (χ4n) is 2.53. The number of rotatable bonds is 4. The molecule has 0 amide bonds. The van der Waals surface area contributed by atoms with Crippen LogP contribution >= 0.6 is 45.2 Å². The fraction of sp³-hybridized carbons (Fsp3) is 0.0556. The minimum absolute atomic E-state index is 0.0428. The second-order valence-electron chi connectivity index (χ2n) is 5.86. The number of halogens is 5. The Hall–Kier alpha value is -1.81. The first-order valence-electron chi connectivity index (χ1n) is 7.90. The first-order chi connectivity index (χ1) is 13.9. The third-order valence-corrected chi connectivity index (χ3v) is 6.38. The smallest absolute Gasteiger partial charge is 0.516 e. The number of alkyl halides is 3. The molecule has 6 nitrogen and oxygen atoms in total. The van der Waals surface area contributed by atoms with Crippen LogP contribution in [0.5, 0.6) is 11.5 Å². The third-order valence-electron chi connectivity index (χ3n) is 3.86. The van der Waals surface area contributed by atoms with Crippen LogP contribution in [0.2, 0.25) is 0 Å². The number of sulfonamides is 1. The van der Waals surface area contributed by atoms with Crippen LogP contribution in [0.25, 0.3) is 10.8 Å². The lowest BCUT2D eigenvalue weighted by molar-refractivity contribution is -0.270. The summed E-state index contributed by atoms with van der Waals surface area (Å²) in [5.41, 5.74) is -6.03. The molecule has 0 bridgehead atoms. The van der Waals surface area contributed by atoms with Gasteiger partial charge in [0.2, 0.25) is 0 Å². The molecule has 0 atom stereocenters. The highest BCUT2D eigenvalue weighted by molar-refractivity contribution is 14.1. The summed E-state index contributed by atoms with van der Waals surface area (Å²) in [5, 5.41) is 12.5. The first kappa shape index (κ1) is 22.9. The van der Waals surface area contributed by atoms with Gasteiger partial charge < -0.3 is 9.84 Å². The molecular weight excluding hydrogens is 653 g/mol. The van der Waals surface area contributed by atoms with Gasteiger partial charge >= 0.3 is 21.5 Å². The monoisotopic (exact) mass is 662 g/mol. The number of fused-ring (bicyclic) bond motifs is 1. The number of hydrogen-bond acceptors (Lipinski definition) is 5. The highest BCUT2D eigenvalue weighted by Crippen LogP contribution is 2.34. The Labute approximate surface area is 195 Å². The Bertz CT molecular complexity index is 1260. The Morgan fingerprint density at radius 1 is 1.03 bits per heavy atom. The van der Waals surface area contributed by atoms with Gasteiger partial charge in [-0.2, -0.15) is 21.6 Å². The molecule has 30 heavy (non-hydrogen) atoms. The van der Waals surface area contributed by atoms with E-state index in [9.17, 15) is 31.5 Å². The van der Waals surface area contributed by atoms with Gasteiger partial charge in [-0.15, -0.1) is 0 Å². The first-order valence-corrected chi connectivity index (χ1v) is 11.5. The molecule has 0 unspecified atom stereocenters. The molecule has 3 aromatic rings. The molecule has 158 valence electrons. The van der Waals surface area contributed by atoms with Crippen LogP contribution < -0.4 is 14.6 Å². The Morgan fingerprint density at radius 3 is 2.33 bits per heavy atom. The van der Waals surface area contributed by atoms with Gasteiger partial charge in [0, 0.05) is 17.9 Å². The van der Waals surface area contributed by atoms with Gasteiger partial charge in [0.15, 0.2) is 0 Å². The van der Waals surface area contributed by atoms with E-state index >= 15 is 0 Å². The second kappa shape index (κ2) is 8.37. The maximum atomic E-state index is 12.7. The highest BCUT2D eigenvalue weighted by atomic mass is 127. The molecule has 0 fully saturated rings.